The van der Waals surface area contributed by atoms with Crippen LogP contribution in [0.25, 0.3) is 0 Å². The van der Waals surface area contributed by atoms with E-state index in [4.69, 9.17) is 4.52 Å². The zero-order valence-electron chi connectivity index (χ0n) is 15.7. The largest absolute Gasteiger partial charge is 0.360 e. The average molecular weight is 386 g/mol. The molecule has 0 atom stereocenters. The van der Waals surface area contributed by atoms with Crippen LogP contribution in [0, 0.1) is 20.8 Å². The van der Waals surface area contributed by atoms with Gasteiger partial charge in [0.25, 0.3) is 10.0 Å². The third kappa shape index (κ3) is 3.95. The molecule has 7 nitrogen and oxygen atoms in total. The van der Waals surface area contributed by atoms with Crippen molar-refractivity contribution in [2.45, 2.75) is 39.0 Å². The van der Waals surface area contributed by atoms with E-state index in [-0.39, 0.29) is 16.5 Å². The average Bonchev–Trinajstić information content (AvgIpc) is 2.97. The SMILES string of the molecule is CCc1cccc(C)c1Nc1ccc(NS(=O)(=O)c2c(C)noc2C)nc1. The lowest BCUT2D eigenvalue weighted by Gasteiger charge is -2.14. The number of hydrogen-bond acceptors (Lipinski definition) is 6. The summed E-state index contributed by atoms with van der Waals surface area (Å²) >= 11 is 0. The monoisotopic (exact) mass is 386 g/mol. The summed E-state index contributed by atoms with van der Waals surface area (Å²) < 4.78 is 32.5. The van der Waals surface area contributed by atoms with Gasteiger partial charge in [0, 0.05) is 5.69 Å². The second-order valence-electron chi connectivity index (χ2n) is 6.28. The summed E-state index contributed by atoms with van der Waals surface area (Å²) in [5.41, 5.74) is 4.48. The number of aryl methyl sites for hydroxylation is 4. The fourth-order valence-corrected chi connectivity index (χ4v) is 4.26. The molecule has 3 rings (SSSR count). The van der Waals surface area contributed by atoms with Gasteiger partial charge in [-0.05, 0) is 50.5 Å². The van der Waals surface area contributed by atoms with Crippen LogP contribution in [0.15, 0.2) is 45.9 Å². The molecule has 1 aromatic carbocycles. The molecule has 27 heavy (non-hydrogen) atoms. The fraction of sp³-hybridized carbons (Fsp3) is 0.263. The van der Waals surface area contributed by atoms with E-state index in [9.17, 15) is 8.42 Å². The summed E-state index contributed by atoms with van der Waals surface area (Å²) in [5, 5.41) is 7.05. The first-order valence-electron chi connectivity index (χ1n) is 8.59. The number of aromatic nitrogens is 2. The highest BCUT2D eigenvalue weighted by Gasteiger charge is 2.24. The van der Waals surface area contributed by atoms with Gasteiger partial charge in [-0.1, -0.05) is 30.3 Å². The molecule has 142 valence electrons. The zero-order chi connectivity index (χ0) is 19.6. The molecule has 0 aliphatic carbocycles. The van der Waals surface area contributed by atoms with E-state index in [0.29, 0.717) is 5.69 Å². The Labute approximate surface area is 158 Å². The summed E-state index contributed by atoms with van der Waals surface area (Å²) in [5.74, 6) is 0.464. The maximum absolute atomic E-state index is 12.5. The van der Waals surface area contributed by atoms with Crippen LogP contribution in [-0.2, 0) is 16.4 Å². The molecule has 2 heterocycles. The van der Waals surface area contributed by atoms with Crippen LogP contribution in [0.5, 0.6) is 0 Å². The van der Waals surface area contributed by atoms with Crippen LogP contribution >= 0.6 is 0 Å². The van der Waals surface area contributed by atoms with Crippen molar-refractivity contribution in [1.29, 1.82) is 0 Å². The Morgan fingerprint density at radius 1 is 1.11 bits per heavy atom. The van der Waals surface area contributed by atoms with Gasteiger partial charge in [0.1, 0.15) is 11.5 Å². The van der Waals surface area contributed by atoms with E-state index in [2.05, 4.69) is 33.2 Å². The lowest BCUT2D eigenvalue weighted by molar-refractivity contribution is 0.390. The Morgan fingerprint density at radius 3 is 2.48 bits per heavy atom. The second kappa shape index (κ2) is 7.40. The first-order valence-corrected chi connectivity index (χ1v) is 10.1. The fourth-order valence-electron chi connectivity index (χ4n) is 2.92. The first kappa shape index (κ1) is 18.9. The Balaban J connectivity index is 1.81. The molecule has 0 saturated carbocycles. The number of rotatable bonds is 6. The van der Waals surface area contributed by atoms with Crippen molar-refractivity contribution in [3.8, 4) is 0 Å². The van der Waals surface area contributed by atoms with Crippen LogP contribution in [0.3, 0.4) is 0 Å². The molecule has 0 fully saturated rings. The third-order valence-electron chi connectivity index (χ3n) is 4.25. The van der Waals surface area contributed by atoms with Gasteiger partial charge >= 0.3 is 0 Å². The Hall–Kier alpha value is -2.87. The van der Waals surface area contributed by atoms with Crippen LogP contribution in [0.4, 0.5) is 17.2 Å². The minimum absolute atomic E-state index is 0.0407. The van der Waals surface area contributed by atoms with Crippen LogP contribution < -0.4 is 10.0 Å². The molecule has 2 aromatic heterocycles. The molecule has 2 N–H and O–H groups in total. The predicted molar refractivity (Wildman–Crippen MR) is 105 cm³/mol. The summed E-state index contributed by atoms with van der Waals surface area (Å²) in [7, 11) is -3.81. The zero-order valence-corrected chi connectivity index (χ0v) is 16.5. The molecule has 0 unspecified atom stereocenters. The standard InChI is InChI=1S/C19H22N4O3S/c1-5-15-8-6-7-12(2)18(15)21-16-9-10-17(20-11-16)23-27(24,25)19-13(3)22-26-14(19)4/h6-11,21H,5H2,1-4H3,(H,20,23). The minimum atomic E-state index is -3.81. The first-order chi connectivity index (χ1) is 12.8. The quantitative estimate of drug-likeness (QED) is 0.662. The van der Waals surface area contributed by atoms with E-state index in [1.54, 1.807) is 32.2 Å². The number of benzene rings is 1. The highest BCUT2D eigenvalue weighted by Crippen LogP contribution is 2.26. The molecular formula is C19H22N4O3S. The smallest absolute Gasteiger partial charge is 0.268 e. The molecule has 0 saturated heterocycles. The van der Waals surface area contributed by atoms with Gasteiger partial charge in [-0.25, -0.2) is 13.4 Å². The summed E-state index contributed by atoms with van der Waals surface area (Å²) in [4.78, 5) is 4.25. The molecule has 0 aliphatic heterocycles. The van der Waals surface area contributed by atoms with E-state index < -0.39 is 10.0 Å². The highest BCUT2D eigenvalue weighted by atomic mass is 32.2. The predicted octanol–water partition coefficient (Wildman–Crippen LogP) is 4.10. The lowest BCUT2D eigenvalue weighted by Crippen LogP contribution is -2.15. The molecule has 0 bridgehead atoms. The summed E-state index contributed by atoms with van der Waals surface area (Å²) in [6.07, 6.45) is 2.50. The summed E-state index contributed by atoms with van der Waals surface area (Å²) in [6.45, 7) is 7.29. The molecule has 0 spiro atoms. The normalized spacial score (nSPS) is 11.4. The minimum Gasteiger partial charge on any atom is -0.360 e. The lowest BCUT2D eigenvalue weighted by atomic mass is 10.1. The Morgan fingerprint density at radius 2 is 1.89 bits per heavy atom. The van der Waals surface area contributed by atoms with Crippen molar-refractivity contribution in [1.82, 2.24) is 10.1 Å². The number of pyridine rings is 1. The van der Waals surface area contributed by atoms with Crippen molar-refractivity contribution >= 4 is 27.2 Å². The Kier molecular flexibility index (Phi) is 5.18. The molecule has 0 aliphatic rings. The van der Waals surface area contributed by atoms with E-state index in [0.717, 1.165) is 23.4 Å². The molecule has 0 radical (unpaired) electrons. The topological polar surface area (TPSA) is 97.1 Å². The number of hydrogen-bond donors (Lipinski definition) is 2. The van der Waals surface area contributed by atoms with Crippen LogP contribution in [-0.4, -0.2) is 18.6 Å². The van der Waals surface area contributed by atoms with Crippen molar-refractivity contribution in [2.75, 3.05) is 10.0 Å². The molecule has 8 heteroatoms. The number of sulfonamides is 1. The number of anilines is 3. The van der Waals surface area contributed by atoms with Crippen LogP contribution in [0.2, 0.25) is 0 Å². The number of nitrogens with one attached hydrogen (secondary N) is 2. The maximum Gasteiger partial charge on any atom is 0.268 e. The second-order valence-corrected chi connectivity index (χ2v) is 7.90. The van der Waals surface area contributed by atoms with Gasteiger partial charge in [-0.15, -0.1) is 0 Å². The van der Waals surface area contributed by atoms with Crippen LogP contribution in [0.1, 0.15) is 29.5 Å². The van der Waals surface area contributed by atoms with Gasteiger partial charge in [0.2, 0.25) is 0 Å². The Bertz CT molecular complexity index is 1040. The van der Waals surface area contributed by atoms with E-state index >= 15 is 0 Å². The van der Waals surface area contributed by atoms with Crippen molar-refractivity contribution < 1.29 is 12.9 Å². The van der Waals surface area contributed by atoms with Crippen molar-refractivity contribution in [3.05, 3.63) is 59.1 Å². The maximum atomic E-state index is 12.5. The van der Waals surface area contributed by atoms with Gasteiger partial charge in [0.05, 0.1) is 11.9 Å². The highest BCUT2D eigenvalue weighted by molar-refractivity contribution is 7.92. The van der Waals surface area contributed by atoms with E-state index in [1.807, 2.05) is 19.1 Å². The van der Waals surface area contributed by atoms with Gasteiger partial charge < -0.3 is 9.84 Å². The van der Waals surface area contributed by atoms with Gasteiger partial charge in [-0.3, -0.25) is 4.72 Å². The van der Waals surface area contributed by atoms with E-state index in [1.165, 1.54) is 5.56 Å². The molecule has 3 aromatic rings. The van der Waals surface area contributed by atoms with Gasteiger partial charge in [-0.2, -0.15) is 0 Å². The summed E-state index contributed by atoms with van der Waals surface area (Å²) in [6, 6.07) is 9.55. The third-order valence-corrected chi connectivity index (χ3v) is 5.85. The van der Waals surface area contributed by atoms with Crippen molar-refractivity contribution in [3.63, 3.8) is 0 Å². The number of para-hydroxylation sites is 1. The number of nitrogens with zero attached hydrogens (tertiary/aromatic N) is 2. The molecule has 0 amide bonds. The van der Waals surface area contributed by atoms with Crippen molar-refractivity contribution in [2.24, 2.45) is 0 Å². The molecular weight excluding hydrogens is 364 g/mol. The van der Waals surface area contributed by atoms with Gasteiger partial charge in [0.15, 0.2) is 10.7 Å².